The highest BCUT2D eigenvalue weighted by Crippen LogP contribution is 2.18. The highest BCUT2D eigenvalue weighted by molar-refractivity contribution is 5.89. The molecule has 1 aromatic carbocycles. The van der Waals surface area contributed by atoms with Gasteiger partial charge in [0, 0.05) is 5.69 Å². The van der Waals surface area contributed by atoms with Gasteiger partial charge < -0.3 is 15.7 Å². The third-order valence-corrected chi connectivity index (χ3v) is 3.31. The van der Waals surface area contributed by atoms with E-state index < -0.39 is 11.9 Å². The molecule has 3 N–H and O–H groups in total. The molecule has 2 unspecified atom stereocenters. The molecule has 0 aliphatic heterocycles. The van der Waals surface area contributed by atoms with Crippen LogP contribution in [0.25, 0.3) is 0 Å². The molecule has 1 aromatic rings. The van der Waals surface area contributed by atoms with Crippen LogP contribution in [0.3, 0.4) is 0 Å². The maximum Gasteiger partial charge on any atom is 0.319 e. The van der Waals surface area contributed by atoms with Gasteiger partial charge in [0.2, 0.25) is 0 Å². The van der Waals surface area contributed by atoms with Crippen LogP contribution in [-0.4, -0.2) is 23.1 Å². The van der Waals surface area contributed by atoms with Crippen LogP contribution < -0.4 is 10.6 Å². The molecule has 2 amide bonds. The lowest BCUT2D eigenvalue weighted by Gasteiger charge is -2.13. The van der Waals surface area contributed by atoms with Crippen molar-refractivity contribution in [3.05, 3.63) is 42.0 Å². The summed E-state index contributed by atoms with van der Waals surface area (Å²) in [6.45, 7) is 2.05. The Hall–Kier alpha value is -2.30. The van der Waals surface area contributed by atoms with Gasteiger partial charge in [-0.3, -0.25) is 4.79 Å². The quantitative estimate of drug-likeness (QED) is 0.738. The van der Waals surface area contributed by atoms with Crippen LogP contribution in [0.5, 0.6) is 0 Å². The first kappa shape index (κ1) is 14.1. The molecule has 5 heteroatoms. The molecular formula is C15H18N2O3. The Bertz CT molecular complexity index is 540. The average Bonchev–Trinajstić information content (AvgIpc) is 2.87. The molecule has 0 saturated carbocycles. The van der Waals surface area contributed by atoms with E-state index in [-0.39, 0.29) is 12.1 Å². The third kappa shape index (κ3) is 3.60. The van der Waals surface area contributed by atoms with Crippen LogP contribution in [-0.2, 0) is 11.2 Å². The second kappa shape index (κ2) is 6.23. The molecule has 0 bridgehead atoms. The second-order valence-electron chi connectivity index (χ2n) is 4.82. The number of hydrogen-bond donors (Lipinski definition) is 3. The van der Waals surface area contributed by atoms with Gasteiger partial charge in [-0.1, -0.05) is 31.2 Å². The van der Waals surface area contributed by atoms with Crippen molar-refractivity contribution in [2.75, 3.05) is 5.32 Å². The number of amides is 2. The van der Waals surface area contributed by atoms with E-state index in [4.69, 9.17) is 5.11 Å². The molecular weight excluding hydrogens is 256 g/mol. The van der Waals surface area contributed by atoms with Gasteiger partial charge in [0.15, 0.2) is 0 Å². The van der Waals surface area contributed by atoms with E-state index in [1.165, 1.54) is 0 Å². The number of carbonyl (C=O) groups excluding carboxylic acids is 1. The summed E-state index contributed by atoms with van der Waals surface area (Å²) < 4.78 is 0. The summed E-state index contributed by atoms with van der Waals surface area (Å²) in [6, 6.07) is 7.09. The van der Waals surface area contributed by atoms with Crippen LogP contribution in [0.1, 0.15) is 18.9 Å². The van der Waals surface area contributed by atoms with E-state index in [0.717, 1.165) is 17.7 Å². The van der Waals surface area contributed by atoms with Crippen molar-refractivity contribution in [1.29, 1.82) is 0 Å². The summed E-state index contributed by atoms with van der Waals surface area (Å²) >= 11 is 0. The van der Waals surface area contributed by atoms with Crippen molar-refractivity contribution in [3.63, 3.8) is 0 Å². The number of carboxylic acid groups (broad SMARTS) is 1. The summed E-state index contributed by atoms with van der Waals surface area (Å²) in [6.07, 6.45) is 4.65. The Balaban J connectivity index is 1.87. The van der Waals surface area contributed by atoms with Crippen LogP contribution in [0, 0.1) is 5.92 Å². The van der Waals surface area contributed by atoms with Crippen molar-refractivity contribution >= 4 is 17.7 Å². The molecule has 0 saturated heterocycles. The van der Waals surface area contributed by atoms with E-state index in [0.29, 0.717) is 6.42 Å². The molecule has 1 aliphatic carbocycles. The van der Waals surface area contributed by atoms with Crippen LogP contribution in [0.2, 0.25) is 0 Å². The minimum Gasteiger partial charge on any atom is -0.481 e. The molecule has 5 nitrogen and oxygen atoms in total. The molecule has 1 aliphatic rings. The molecule has 0 radical (unpaired) electrons. The lowest BCUT2D eigenvalue weighted by atomic mass is 10.1. The summed E-state index contributed by atoms with van der Waals surface area (Å²) in [4.78, 5) is 22.7. The molecule has 2 atom stereocenters. The van der Waals surface area contributed by atoms with Gasteiger partial charge in [0.25, 0.3) is 0 Å². The van der Waals surface area contributed by atoms with Crippen LogP contribution in [0.15, 0.2) is 36.4 Å². The third-order valence-electron chi connectivity index (χ3n) is 3.31. The van der Waals surface area contributed by atoms with Gasteiger partial charge in [-0.05, 0) is 30.5 Å². The molecule has 2 rings (SSSR count). The summed E-state index contributed by atoms with van der Waals surface area (Å²) in [7, 11) is 0. The van der Waals surface area contributed by atoms with Gasteiger partial charge in [-0.2, -0.15) is 0 Å². The number of hydrogen-bond acceptors (Lipinski definition) is 2. The number of carbonyl (C=O) groups is 2. The fraction of sp³-hybridized carbons (Fsp3) is 0.333. The standard InChI is InChI=1S/C15H18N2O3/c1-2-10-4-3-5-12(8-10)16-15(20)17-13-7-6-11(9-13)14(18)19/h3-8,11,13H,2,9H2,1H3,(H,18,19)(H2,16,17,20). The number of anilines is 1. The number of aliphatic carboxylic acids is 1. The van der Waals surface area contributed by atoms with Crippen LogP contribution in [0.4, 0.5) is 10.5 Å². The topological polar surface area (TPSA) is 78.4 Å². The molecule has 0 aromatic heterocycles. The Kier molecular flexibility index (Phi) is 4.40. The Morgan fingerprint density at radius 3 is 2.80 bits per heavy atom. The first-order chi connectivity index (χ1) is 9.58. The van der Waals surface area contributed by atoms with Gasteiger partial charge in [0.05, 0.1) is 12.0 Å². The maximum atomic E-state index is 11.8. The number of nitrogens with one attached hydrogen (secondary N) is 2. The highest BCUT2D eigenvalue weighted by atomic mass is 16.4. The fourth-order valence-electron chi connectivity index (χ4n) is 2.19. The predicted octanol–water partition coefficient (Wildman–Crippen LogP) is 2.40. The SMILES string of the molecule is CCc1cccc(NC(=O)NC2C=CC(C(=O)O)C2)c1. The van der Waals surface area contributed by atoms with Gasteiger partial charge in [-0.15, -0.1) is 0 Å². The minimum absolute atomic E-state index is 0.231. The van der Waals surface area contributed by atoms with Crippen molar-refractivity contribution in [2.24, 2.45) is 5.92 Å². The van der Waals surface area contributed by atoms with E-state index in [2.05, 4.69) is 17.6 Å². The van der Waals surface area contributed by atoms with E-state index in [1.807, 2.05) is 24.3 Å². The first-order valence-electron chi connectivity index (χ1n) is 6.66. The Labute approximate surface area is 117 Å². The highest BCUT2D eigenvalue weighted by Gasteiger charge is 2.25. The smallest absolute Gasteiger partial charge is 0.319 e. The average molecular weight is 274 g/mol. The largest absolute Gasteiger partial charge is 0.481 e. The number of rotatable bonds is 4. The molecule has 106 valence electrons. The van der Waals surface area contributed by atoms with Crippen LogP contribution >= 0.6 is 0 Å². The van der Waals surface area contributed by atoms with E-state index >= 15 is 0 Å². The lowest BCUT2D eigenvalue weighted by Crippen LogP contribution is -2.36. The second-order valence-corrected chi connectivity index (χ2v) is 4.82. The Morgan fingerprint density at radius 1 is 1.35 bits per heavy atom. The van der Waals surface area contributed by atoms with Crippen molar-refractivity contribution in [2.45, 2.75) is 25.8 Å². The van der Waals surface area contributed by atoms with E-state index in [1.54, 1.807) is 12.2 Å². The van der Waals surface area contributed by atoms with Gasteiger partial charge in [0.1, 0.15) is 0 Å². The molecule has 0 fully saturated rings. The molecule has 0 spiro atoms. The van der Waals surface area contributed by atoms with E-state index in [9.17, 15) is 9.59 Å². The monoisotopic (exact) mass is 274 g/mol. The van der Waals surface area contributed by atoms with Crippen molar-refractivity contribution in [3.8, 4) is 0 Å². The number of aryl methyl sites for hydroxylation is 1. The lowest BCUT2D eigenvalue weighted by molar-refractivity contribution is -0.140. The zero-order valence-corrected chi connectivity index (χ0v) is 11.3. The summed E-state index contributed by atoms with van der Waals surface area (Å²) in [5.41, 5.74) is 1.88. The first-order valence-corrected chi connectivity index (χ1v) is 6.66. The number of carboxylic acids is 1. The van der Waals surface area contributed by atoms with Crippen molar-refractivity contribution in [1.82, 2.24) is 5.32 Å². The number of benzene rings is 1. The van der Waals surface area contributed by atoms with Gasteiger partial charge in [-0.25, -0.2) is 4.79 Å². The summed E-state index contributed by atoms with van der Waals surface area (Å²) in [5, 5.41) is 14.4. The van der Waals surface area contributed by atoms with Crippen molar-refractivity contribution < 1.29 is 14.7 Å². The molecule has 0 heterocycles. The summed E-state index contributed by atoms with van der Waals surface area (Å²) in [5.74, 6) is -1.37. The normalized spacial score (nSPS) is 20.6. The minimum atomic E-state index is -0.860. The Morgan fingerprint density at radius 2 is 2.15 bits per heavy atom. The molecule has 20 heavy (non-hydrogen) atoms. The number of urea groups is 1. The maximum absolute atomic E-state index is 11.8. The zero-order chi connectivity index (χ0) is 14.5. The fourth-order valence-corrected chi connectivity index (χ4v) is 2.19. The zero-order valence-electron chi connectivity index (χ0n) is 11.3. The predicted molar refractivity (Wildman–Crippen MR) is 76.6 cm³/mol. The van der Waals surface area contributed by atoms with Gasteiger partial charge >= 0.3 is 12.0 Å².